The highest BCUT2D eigenvalue weighted by molar-refractivity contribution is 5.93. The quantitative estimate of drug-likeness (QED) is 0.678. The van der Waals surface area contributed by atoms with Crippen molar-refractivity contribution in [3.05, 3.63) is 24.0 Å². The van der Waals surface area contributed by atoms with Crippen molar-refractivity contribution in [2.45, 2.75) is 27.2 Å². The van der Waals surface area contributed by atoms with E-state index < -0.39 is 0 Å². The summed E-state index contributed by atoms with van der Waals surface area (Å²) < 4.78 is 0. The summed E-state index contributed by atoms with van der Waals surface area (Å²) in [6.07, 6.45) is 2.61. The van der Waals surface area contributed by atoms with Crippen molar-refractivity contribution in [3.63, 3.8) is 0 Å². The number of nitrogens with zero attached hydrogens (tertiary/aromatic N) is 2. The molecule has 0 atom stereocenters. The number of carbonyl (C=O) groups is 1. The van der Waals surface area contributed by atoms with E-state index in [1.165, 1.54) is 0 Å². The molecular weight excluding hydrogens is 252 g/mol. The van der Waals surface area contributed by atoms with Crippen LogP contribution in [0.15, 0.2) is 18.3 Å². The van der Waals surface area contributed by atoms with Gasteiger partial charge in [-0.15, -0.1) is 0 Å². The fourth-order valence-electron chi connectivity index (χ4n) is 2.00. The number of hydrogen-bond donors (Lipinski definition) is 2. The lowest BCUT2D eigenvalue weighted by Crippen LogP contribution is -2.30. The molecule has 1 heterocycles. The number of amides is 1. The van der Waals surface area contributed by atoms with Crippen molar-refractivity contribution in [2.75, 3.05) is 38.0 Å². The van der Waals surface area contributed by atoms with Gasteiger partial charge in [-0.3, -0.25) is 9.78 Å². The second-order valence-electron chi connectivity index (χ2n) is 4.60. The third-order valence-corrected chi connectivity index (χ3v) is 3.20. The van der Waals surface area contributed by atoms with Crippen LogP contribution in [-0.2, 0) is 0 Å². The van der Waals surface area contributed by atoms with Gasteiger partial charge in [0.05, 0.1) is 0 Å². The average Bonchev–Trinajstić information content (AvgIpc) is 2.48. The first-order valence-electron chi connectivity index (χ1n) is 7.41. The van der Waals surface area contributed by atoms with Crippen LogP contribution in [0.5, 0.6) is 0 Å². The first-order valence-corrected chi connectivity index (χ1v) is 7.41. The monoisotopic (exact) mass is 278 g/mol. The number of pyridine rings is 1. The fraction of sp³-hybridized carbons (Fsp3) is 0.600. The molecular formula is C15H26N4O. The Morgan fingerprint density at radius 2 is 2.05 bits per heavy atom. The highest BCUT2D eigenvalue weighted by Crippen LogP contribution is 2.07. The van der Waals surface area contributed by atoms with Gasteiger partial charge in [-0.05, 0) is 45.1 Å². The van der Waals surface area contributed by atoms with Gasteiger partial charge < -0.3 is 15.5 Å². The molecule has 1 amide bonds. The van der Waals surface area contributed by atoms with Gasteiger partial charge in [0.1, 0.15) is 5.69 Å². The van der Waals surface area contributed by atoms with E-state index in [9.17, 15) is 4.79 Å². The van der Waals surface area contributed by atoms with Crippen LogP contribution in [0, 0.1) is 0 Å². The molecule has 1 aromatic rings. The molecule has 0 aromatic carbocycles. The summed E-state index contributed by atoms with van der Waals surface area (Å²) in [4.78, 5) is 18.4. The first-order chi connectivity index (χ1) is 9.71. The average molecular weight is 278 g/mol. The Morgan fingerprint density at radius 1 is 1.30 bits per heavy atom. The number of nitrogens with one attached hydrogen (secondary N) is 2. The number of carbonyl (C=O) groups excluding carboxylic acids is 1. The molecule has 5 heteroatoms. The summed E-state index contributed by atoms with van der Waals surface area (Å²) in [5.74, 6) is -0.107. The van der Waals surface area contributed by atoms with Crippen LogP contribution >= 0.6 is 0 Å². The fourth-order valence-corrected chi connectivity index (χ4v) is 2.00. The van der Waals surface area contributed by atoms with Crippen molar-refractivity contribution in [2.24, 2.45) is 0 Å². The van der Waals surface area contributed by atoms with Crippen molar-refractivity contribution in [1.82, 2.24) is 15.2 Å². The van der Waals surface area contributed by atoms with Crippen molar-refractivity contribution in [1.29, 1.82) is 0 Å². The Kier molecular flexibility index (Phi) is 7.65. The first kappa shape index (κ1) is 16.4. The molecule has 20 heavy (non-hydrogen) atoms. The van der Waals surface area contributed by atoms with Crippen molar-refractivity contribution < 1.29 is 4.79 Å². The molecule has 1 rings (SSSR count). The lowest BCUT2D eigenvalue weighted by atomic mass is 10.3. The SMILES string of the molecule is CCNc1ccnc(C(=O)NCCCN(CC)CC)c1. The maximum atomic E-state index is 12.0. The molecule has 0 unspecified atom stereocenters. The normalized spacial score (nSPS) is 10.6. The lowest BCUT2D eigenvalue weighted by molar-refractivity contribution is 0.0947. The summed E-state index contributed by atoms with van der Waals surface area (Å²) >= 11 is 0. The Hall–Kier alpha value is -1.62. The van der Waals surface area contributed by atoms with Crippen LogP contribution in [0.1, 0.15) is 37.7 Å². The van der Waals surface area contributed by atoms with E-state index in [0.717, 1.165) is 38.3 Å². The third-order valence-electron chi connectivity index (χ3n) is 3.20. The molecule has 0 aliphatic rings. The van der Waals surface area contributed by atoms with Crippen molar-refractivity contribution >= 4 is 11.6 Å². The number of anilines is 1. The number of aromatic nitrogens is 1. The van der Waals surface area contributed by atoms with Gasteiger partial charge in [0.2, 0.25) is 0 Å². The molecule has 0 fully saturated rings. The molecule has 0 spiro atoms. The molecule has 112 valence electrons. The highest BCUT2D eigenvalue weighted by atomic mass is 16.1. The molecule has 2 N–H and O–H groups in total. The zero-order valence-corrected chi connectivity index (χ0v) is 12.8. The zero-order chi connectivity index (χ0) is 14.8. The molecule has 0 radical (unpaired) electrons. The minimum atomic E-state index is -0.107. The van der Waals surface area contributed by atoms with Gasteiger partial charge in [0, 0.05) is 25.0 Å². The summed E-state index contributed by atoms with van der Waals surface area (Å²) in [6, 6.07) is 3.64. The Morgan fingerprint density at radius 3 is 2.70 bits per heavy atom. The summed E-state index contributed by atoms with van der Waals surface area (Å²) in [5, 5.41) is 6.09. The standard InChI is InChI=1S/C15H26N4O/c1-4-16-13-8-10-17-14(12-13)15(20)18-9-7-11-19(5-2)6-3/h8,10,12H,4-7,9,11H2,1-3H3,(H,16,17)(H,18,20). The summed E-state index contributed by atoms with van der Waals surface area (Å²) in [6.45, 7) is 11.0. The van der Waals surface area contributed by atoms with Crippen LogP contribution < -0.4 is 10.6 Å². The van der Waals surface area contributed by atoms with E-state index in [4.69, 9.17) is 0 Å². The summed E-state index contributed by atoms with van der Waals surface area (Å²) in [7, 11) is 0. The van der Waals surface area contributed by atoms with E-state index in [1.807, 2.05) is 13.0 Å². The van der Waals surface area contributed by atoms with E-state index in [1.54, 1.807) is 12.3 Å². The number of rotatable bonds is 9. The molecule has 0 saturated heterocycles. The number of hydrogen-bond acceptors (Lipinski definition) is 4. The molecule has 0 bridgehead atoms. The minimum Gasteiger partial charge on any atom is -0.385 e. The van der Waals surface area contributed by atoms with Crippen LogP contribution in [0.4, 0.5) is 5.69 Å². The van der Waals surface area contributed by atoms with Gasteiger partial charge >= 0.3 is 0 Å². The maximum Gasteiger partial charge on any atom is 0.269 e. The van der Waals surface area contributed by atoms with Gasteiger partial charge in [-0.2, -0.15) is 0 Å². The van der Waals surface area contributed by atoms with E-state index in [0.29, 0.717) is 12.2 Å². The second-order valence-corrected chi connectivity index (χ2v) is 4.60. The van der Waals surface area contributed by atoms with Crippen LogP contribution in [0.3, 0.4) is 0 Å². The predicted molar refractivity (Wildman–Crippen MR) is 83.1 cm³/mol. The largest absolute Gasteiger partial charge is 0.385 e. The van der Waals surface area contributed by atoms with E-state index in [-0.39, 0.29) is 5.91 Å². The smallest absolute Gasteiger partial charge is 0.269 e. The maximum absolute atomic E-state index is 12.0. The topological polar surface area (TPSA) is 57.3 Å². The van der Waals surface area contributed by atoms with Crippen LogP contribution in [0.25, 0.3) is 0 Å². The Balaban J connectivity index is 2.37. The Labute approximate surface area is 121 Å². The second kappa shape index (κ2) is 9.31. The van der Waals surface area contributed by atoms with Crippen molar-refractivity contribution in [3.8, 4) is 0 Å². The zero-order valence-electron chi connectivity index (χ0n) is 12.8. The van der Waals surface area contributed by atoms with Gasteiger partial charge in [-0.1, -0.05) is 13.8 Å². The van der Waals surface area contributed by atoms with Gasteiger partial charge in [0.25, 0.3) is 5.91 Å². The van der Waals surface area contributed by atoms with Gasteiger partial charge in [-0.25, -0.2) is 0 Å². The molecule has 0 aliphatic heterocycles. The predicted octanol–water partition coefficient (Wildman–Crippen LogP) is 1.98. The Bertz CT molecular complexity index is 405. The molecule has 0 saturated carbocycles. The van der Waals surface area contributed by atoms with E-state index in [2.05, 4.69) is 34.4 Å². The molecule has 0 aliphatic carbocycles. The lowest BCUT2D eigenvalue weighted by Gasteiger charge is -2.17. The van der Waals surface area contributed by atoms with Crippen LogP contribution in [-0.4, -0.2) is 48.5 Å². The molecule has 5 nitrogen and oxygen atoms in total. The van der Waals surface area contributed by atoms with E-state index >= 15 is 0 Å². The summed E-state index contributed by atoms with van der Waals surface area (Å²) in [5.41, 5.74) is 1.39. The third kappa shape index (κ3) is 5.57. The minimum absolute atomic E-state index is 0.107. The van der Waals surface area contributed by atoms with Crippen LogP contribution in [0.2, 0.25) is 0 Å². The molecule has 1 aromatic heterocycles. The van der Waals surface area contributed by atoms with Gasteiger partial charge in [0.15, 0.2) is 0 Å². The highest BCUT2D eigenvalue weighted by Gasteiger charge is 2.07.